The van der Waals surface area contributed by atoms with Gasteiger partial charge >= 0.3 is 35.5 Å². The van der Waals surface area contributed by atoms with E-state index >= 15 is 0 Å². The molecule has 0 amide bonds. The van der Waals surface area contributed by atoms with Gasteiger partial charge in [-0.15, -0.1) is 0 Å². The number of thiol groups is 1. The van der Waals surface area contributed by atoms with Gasteiger partial charge in [0, 0.05) is 0 Å². The van der Waals surface area contributed by atoms with Gasteiger partial charge in [-0.1, -0.05) is 0 Å². The van der Waals surface area contributed by atoms with Crippen LogP contribution in [0.15, 0.2) is 0 Å². The Bertz CT molecular complexity index is 140. The Morgan fingerprint density at radius 2 is 2.20 bits per heavy atom. The van der Waals surface area contributed by atoms with Gasteiger partial charge in [-0.2, -0.15) is 12.6 Å². The molecule has 0 aliphatic rings. The van der Waals surface area contributed by atoms with Crippen LogP contribution in [0.1, 0.15) is 6.42 Å². The van der Waals surface area contributed by atoms with Crippen LogP contribution in [0.4, 0.5) is 0 Å². The number of rotatable bonds is 3. The molecule has 0 aliphatic carbocycles. The van der Waals surface area contributed by atoms with E-state index in [1.165, 1.54) is 0 Å². The van der Waals surface area contributed by atoms with E-state index in [4.69, 9.17) is 10.5 Å². The molecule has 1 atom stereocenters. The third kappa shape index (κ3) is 6.41. The van der Waals surface area contributed by atoms with Crippen molar-refractivity contribution in [1.29, 1.82) is 5.41 Å². The van der Waals surface area contributed by atoms with E-state index in [2.05, 4.69) is 12.6 Å². The van der Waals surface area contributed by atoms with Crippen LogP contribution in [-0.2, 0) is 4.79 Å². The molecule has 6 heteroatoms. The van der Waals surface area contributed by atoms with Gasteiger partial charge in [-0.3, -0.25) is 4.79 Å². The molecule has 0 aliphatic heterocycles. The van der Waals surface area contributed by atoms with Crippen LogP contribution in [0.25, 0.3) is 0 Å². The van der Waals surface area contributed by atoms with Crippen LogP contribution >= 0.6 is 12.6 Å². The largest absolute Gasteiger partial charge is 1.00 e. The standard InChI is InChI=1S/C4H7NO3S.Na/c5-3(6)1-2(9)4(7)8;/h2,9H,1H2,(H2,5,6)(H,7,8);/q;+1/p-1/t2-;/m1./s1. The number of nitrogens with one attached hydrogen (secondary N) is 1. The number of aliphatic carboxylic acids is 1. The zero-order chi connectivity index (χ0) is 7.44. The Hall–Kier alpha value is 0.290. The van der Waals surface area contributed by atoms with Crippen molar-refractivity contribution in [2.24, 2.45) is 0 Å². The maximum Gasteiger partial charge on any atom is 1.00 e. The minimum atomic E-state index is -1.17. The number of carboxylic acids is 1. The van der Waals surface area contributed by atoms with Crippen molar-refractivity contribution in [2.75, 3.05) is 0 Å². The van der Waals surface area contributed by atoms with Crippen molar-refractivity contribution in [3.05, 3.63) is 0 Å². The molecule has 0 bridgehead atoms. The van der Waals surface area contributed by atoms with Crippen LogP contribution < -0.4 is 34.7 Å². The molecule has 52 valence electrons. The van der Waals surface area contributed by atoms with Crippen LogP contribution in [-0.4, -0.2) is 22.2 Å². The second kappa shape index (κ2) is 6.03. The van der Waals surface area contributed by atoms with Gasteiger partial charge in [-0.25, -0.2) is 0 Å². The predicted molar refractivity (Wildman–Crippen MR) is 32.8 cm³/mol. The Balaban J connectivity index is 0. The van der Waals surface area contributed by atoms with Crippen molar-refractivity contribution in [3.63, 3.8) is 0 Å². The molecule has 0 saturated carbocycles. The minimum Gasteiger partial charge on any atom is -0.862 e. The second-order valence-electron chi connectivity index (χ2n) is 1.48. The van der Waals surface area contributed by atoms with E-state index < -0.39 is 17.1 Å². The van der Waals surface area contributed by atoms with Gasteiger partial charge in [0.25, 0.3) is 0 Å². The minimum absolute atomic E-state index is 0. The number of carbonyl (C=O) groups is 1. The van der Waals surface area contributed by atoms with Crippen LogP contribution in [0.2, 0.25) is 0 Å². The van der Waals surface area contributed by atoms with Crippen LogP contribution in [0.5, 0.6) is 0 Å². The number of hydrogen-bond donors (Lipinski definition) is 3. The Labute approximate surface area is 85.8 Å². The normalized spacial score (nSPS) is 11.3. The molecule has 4 nitrogen and oxygen atoms in total. The third-order valence-corrected chi connectivity index (χ3v) is 1.07. The van der Waals surface area contributed by atoms with Crippen LogP contribution in [0, 0.1) is 5.41 Å². The van der Waals surface area contributed by atoms with Gasteiger partial charge < -0.3 is 15.6 Å². The smallest absolute Gasteiger partial charge is 0.862 e. The Kier molecular flexibility index (Phi) is 7.79. The Morgan fingerprint density at radius 3 is 2.30 bits per heavy atom. The molecular formula is C4H6NNaO3S. The predicted octanol–water partition coefficient (Wildman–Crippen LogP) is -3.90. The summed E-state index contributed by atoms with van der Waals surface area (Å²) in [4.78, 5) is 9.92. The van der Waals surface area contributed by atoms with E-state index in [0.29, 0.717) is 0 Å². The second-order valence-corrected chi connectivity index (χ2v) is 2.10. The Morgan fingerprint density at radius 1 is 1.80 bits per heavy atom. The van der Waals surface area contributed by atoms with Crippen molar-refractivity contribution in [2.45, 2.75) is 11.7 Å². The quantitative estimate of drug-likeness (QED) is 0.176. The molecule has 0 aromatic carbocycles. The van der Waals surface area contributed by atoms with Crippen molar-refractivity contribution in [1.82, 2.24) is 0 Å². The van der Waals surface area contributed by atoms with E-state index in [-0.39, 0.29) is 36.0 Å². The molecule has 0 unspecified atom stereocenters. The third-order valence-electron chi connectivity index (χ3n) is 0.664. The number of carboxylic acid groups (broad SMARTS) is 1. The SMILES string of the molecule is N=C([O-])C[C@@H](S)C(=O)O.[Na+]. The zero-order valence-corrected chi connectivity index (χ0v) is 8.39. The first kappa shape index (κ1) is 12.9. The molecule has 0 aromatic heterocycles. The fourth-order valence-corrected chi connectivity index (χ4v) is 0.429. The fraction of sp³-hybridized carbons (Fsp3) is 0.500. The molecule has 0 rings (SSSR count). The first-order chi connectivity index (χ1) is 4.04. The summed E-state index contributed by atoms with van der Waals surface area (Å²) in [6, 6.07) is 0. The van der Waals surface area contributed by atoms with Crippen molar-refractivity contribution < 1.29 is 44.6 Å². The molecule has 0 radical (unpaired) electrons. The van der Waals surface area contributed by atoms with Gasteiger partial charge in [0.05, 0.1) is 0 Å². The molecule has 0 fully saturated rings. The molecule has 0 spiro atoms. The van der Waals surface area contributed by atoms with E-state index in [0.717, 1.165) is 0 Å². The van der Waals surface area contributed by atoms with Gasteiger partial charge in [0.15, 0.2) is 0 Å². The summed E-state index contributed by atoms with van der Waals surface area (Å²) >= 11 is 3.52. The summed E-state index contributed by atoms with van der Waals surface area (Å²) in [6.45, 7) is 0. The van der Waals surface area contributed by atoms with E-state index in [9.17, 15) is 9.90 Å². The average molecular weight is 171 g/mol. The summed E-state index contributed by atoms with van der Waals surface area (Å²) in [5.74, 6) is -2.07. The first-order valence-electron chi connectivity index (χ1n) is 2.19. The molecular weight excluding hydrogens is 165 g/mol. The van der Waals surface area contributed by atoms with Crippen molar-refractivity contribution >= 4 is 24.5 Å². The maximum atomic E-state index is 9.92. The van der Waals surface area contributed by atoms with Crippen LogP contribution in [0.3, 0.4) is 0 Å². The molecule has 0 aromatic rings. The summed E-state index contributed by atoms with van der Waals surface area (Å²) in [5.41, 5.74) is 0. The molecule has 2 N–H and O–H groups in total. The summed E-state index contributed by atoms with van der Waals surface area (Å²) in [6.07, 6.45) is -0.335. The van der Waals surface area contributed by atoms with E-state index in [1.54, 1.807) is 0 Å². The number of hydrogen-bond acceptors (Lipinski definition) is 4. The molecule has 0 heterocycles. The van der Waals surface area contributed by atoms with Gasteiger partial charge in [-0.05, 0) is 12.3 Å². The average Bonchev–Trinajstić information content (AvgIpc) is 1.63. The van der Waals surface area contributed by atoms with Crippen molar-refractivity contribution in [3.8, 4) is 0 Å². The molecule has 0 saturated heterocycles. The maximum absolute atomic E-state index is 9.92. The summed E-state index contributed by atoms with van der Waals surface area (Å²) in [5, 5.41) is 23.3. The zero-order valence-electron chi connectivity index (χ0n) is 5.50. The monoisotopic (exact) mass is 171 g/mol. The van der Waals surface area contributed by atoms with Gasteiger partial charge in [0.2, 0.25) is 0 Å². The topological polar surface area (TPSA) is 84.2 Å². The summed E-state index contributed by atoms with van der Waals surface area (Å²) in [7, 11) is 0. The van der Waals surface area contributed by atoms with Gasteiger partial charge in [0.1, 0.15) is 5.25 Å². The summed E-state index contributed by atoms with van der Waals surface area (Å²) < 4.78 is 0. The molecule has 10 heavy (non-hydrogen) atoms. The first-order valence-corrected chi connectivity index (χ1v) is 2.71. The fourth-order valence-electron chi connectivity index (χ4n) is 0.263. The van der Waals surface area contributed by atoms with E-state index in [1.807, 2.05) is 0 Å².